The van der Waals surface area contributed by atoms with Crippen molar-refractivity contribution in [2.75, 3.05) is 19.5 Å². The first-order chi connectivity index (χ1) is 12.1. The number of amides is 1. The molecule has 0 saturated carbocycles. The molecule has 0 aliphatic carbocycles. The number of carbonyl (C=O) groups excluding carboxylic acids is 1. The van der Waals surface area contributed by atoms with Gasteiger partial charge in [0.25, 0.3) is 5.91 Å². The number of nitrogens with zero attached hydrogens (tertiary/aromatic N) is 4. The number of hydrogen-bond acceptors (Lipinski definition) is 6. The molecule has 0 saturated heterocycles. The molecule has 0 bridgehead atoms. The number of hydrogen-bond donors (Lipinski definition) is 1. The first-order valence-electron chi connectivity index (χ1n) is 7.18. The van der Waals surface area contributed by atoms with E-state index in [9.17, 15) is 4.79 Å². The maximum Gasteiger partial charge on any atom is 0.257 e. The molecule has 3 rings (SSSR count). The summed E-state index contributed by atoms with van der Waals surface area (Å²) in [5.41, 5.74) is 1.32. The zero-order valence-electron chi connectivity index (χ0n) is 13.4. The number of ether oxygens (including phenoxy) is 2. The number of methoxy groups -OCH3 is 2. The number of carbonyl (C=O) groups is 1. The summed E-state index contributed by atoms with van der Waals surface area (Å²) in [6, 6.07) is 9.93. The summed E-state index contributed by atoms with van der Waals surface area (Å²) in [7, 11) is 3.07. The molecule has 1 N–H and O–H groups in total. The molecule has 0 aliphatic heterocycles. The molecule has 0 atom stereocenters. The minimum absolute atomic E-state index is 0.356. The normalized spacial score (nSPS) is 10.4. The third-order valence-corrected chi connectivity index (χ3v) is 3.69. The van der Waals surface area contributed by atoms with Crippen LogP contribution in [0.1, 0.15) is 10.4 Å². The predicted molar refractivity (Wildman–Crippen MR) is 91.7 cm³/mol. The zero-order chi connectivity index (χ0) is 17.8. The van der Waals surface area contributed by atoms with Crippen LogP contribution < -0.4 is 14.8 Å². The van der Waals surface area contributed by atoms with E-state index < -0.39 is 0 Å². The molecule has 8 nitrogen and oxygen atoms in total. The topological polar surface area (TPSA) is 91.2 Å². The Bertz CT molecular complexity index is 899. The van der Waals surface area contributed by atoms with Gasteiger partial charge in [0.15, 0.2) is 0 Å². The Labute approximate surface area is 148 Å². The summed E-state index contributed by atoms with van der Waals surface area (Å²) >= 11 is 6.03. The number of anilines is 1. The van der Waals surface area contributed by atoms with Gasteiger partial charge in [0, 0.05) is 11.1 Å². The molecule has 0 fully saturated rings. The minimum atomic E-state index is -0.356. The number of aromatic nitrogens is 4. The fourth-order valence-corrected chi connectivity index (χ4v) is 2.42. The van der Waals surface area contributed by atoms with E-state index in [2.05, 4.69) is 20.8 Å². The largest absolute Gasteiger partial charge is 0.497 e. The first kappa shape index (κ1) is 16.7. The highest BCUT2D eigenvalue weighted by atomic mass is 35.5. The van der Waals surface area contributed by atoms with Crippen molar-refractivity contribution in [1.29, 1.82) is 0 Å². The third kappa shape index (κ3) is 3.53. The van der Waals surface area contributed by atoms with Gasteiger partial charge in [0.05, 0.1) is 31.2 Å². The van der Waals surface area contributed by atoms with Crippen LogP contribution in [-0.2, 0) is 0 Å². The van der Waals surface area contributed by atoms with Crippen LogP contribution >= 0.6 is 11.6 Å². The molecule has 25 heavy (non-hydrogen) atoms. The Morgan fingerprint density at radius 3 is 2.68 bits per heavy atom. The molecule has 3 aromatic rings. The lowest BCUT2D eigenvalue weighted by Crippen LogP contribution is -2.16. The van der Waals surface area contributed by atoms with Gasteiger partial charge in [-0.3, -0.25) is 4.79 Å². The van der Waals surface area contributed by atoms with Crippen LogP contribution in [0.5, 0.6) is 11.5 Å². The molecule has 0 spiro atoms. The SMILES string of the molecule is COc1ccc(NC(=O)c2ccc(Cl)cc2-n2cnnn2)c(OC)c1. The predicted octanol–water partition coefficient (Wildman–Crippen LogP) is 2.59. The maximum atomic E-state index is 12.7. The van der Waals surface area contributed by atoms with Gasteiger partial charge in [-0.05, 0) is 40.8 Å². The monoisotopic (exact) mass is 359 g/mol. The summed E-state index contributed by atoms with van der Waals surface area (Å²) in [5, 5.41) is 14.2. The van der Waals surface area contributed by atoms with E-state index in [1.165, 1.54) is 18.1 Å². The Hall–Kier alpha value is -3.13. The van der Waals surface area contributed by atoms with E-state index in [1.807, 2.05) is 0 Å². The highest BCUT2D eigenvalue weighted by Crippen LogP contribution is 2.30. The van der Waals surface area contributed by atoms with Gasteiger partial charge in [-0.25, -0.2) is 0 Å². The van der Waals surface area contributed by atoms with Crippen LogP contribution in [-0.4, -0.2) is 40.3 Å². The van der Waals surface area contributed by atoms with Crippen molar-refractivity contribution in [2.45, 2.75) is 0 Å². The van der Waals surface area contributed by atoms with Crippen molar-refractivity contribution in [3.05, 3.63) is 53.3 Å². The van der Waals surface area contributed by atoms with Crippen molar-refractivity contribution in [1.82, 2.24) is 20.2 Å². The molecular formula is C16H14ClN5O3. The average Bonchev–Trinajstić information content (AvgIpc) is 3.16. The smallest absolute Gasteiger partial charge is 0.257 e. The van der Waals surface area contributed by atoms with Gasteiger partial charge in [-0.2, -0.15) is 4.68 Å². The molecule has 1 heterocycles. The van der Waals surface area contributed by atoms with Crippen molar-refractivity contribution in [2.24, 2.45) is 0 Å². The summed E-state index contributed by atoms with van der Waals surface area (Å²) in [5.74, 6) is 0.743. The van der Waals surface area contributed by atoms with Crippen LogP contribution in [0.4, 0.5) is 5.69 Å². The van der Waals surface area contributed by atoms with Gasteiger partial charge >= 0.3 is 0 Å². The molecule has 0 radical (unpaired) electrons. The Kier molecular flexibility index (Phi) is 4.80. The third-order valence-electron chi connectivity index (χ3n) is 3.46. The Morgan fingerprint density at radius 1 is 1.16 bits per heavy atom. The summed E-state index contributed by atoms with van der Waals surface area (Å²) < 4.78 is 11.8. The number of nitrogens with one attached hydrogen (secondary N) is 1. The van der Waals surface area contributed by atoms with Crippen molar-refractivity contribution >= 4 is 23.2 Å². The van der Waals surface area contributed by atoms with E-state index in [0.29, 0.717) is 33.5 Å². The van der Waals surface area contributed by atoms with E-state index in [-0.39, 0.29) is 5.91 Å². The van der Waals surface area contributed by atoms with Crippen LogP contribution in [0, 0.1) is 0 Å². The number of halogens is 1. The van der Waals surface area contributed by atoms with E-state index in [1.54, 1.807) is 43.5 Å². The van der Waals surface area contributed by atoms with Gasteiger partial charge in [0.2, 0.25) is 0 Å². The summed E-state index contributed by atoms with van der Waals surface area (Å²) in [6.45, 7) is 0. The van der Waals surface area contributed by atoms with Gasteiger partial charge in [0.1, 0.15) is 17.8 Å². The average molecular weight is 360 g/mol. The van der Waals surface area contributed by atoms with Gasteiger partial charge < -0.3 is 14.8 Å². The molecule has 0 unspecified atom stereocenters. The zero-order valence-corrected chi connectivity index (χ0v) is 14.2. The molecule has 1 amide bonds. The Morgan fingerprint density at radius 2 is 2.00 bits per heavy atom. The highest BCUT2D eigenvalue weighted by Gasteiger charge is 2.16. The Balaban J connectivity index is 1.95. The lowest BCUT2D eigenvalue weighted by atomic mass is 10.1. The molecule has 2 aromatic carbocycles. The molecule has 0 aliphatic rings. The van der Waals surface area contributed by atoms with E-state index >= 15 is 0 Å². The van der Waals surface area contributed by atoms with Gasteiger partial charge in [-0.1, -0.05) is 11.6 Å². The summed E-state index contributed by atoms with van der Waals surface area (Å²) in [6.07, 6.45) is 1.39. The highest BCUT2D eigenvalue weighted by molar-refractivity contribution is 6.31. The summed E-state index contributed by atoms with van der Waals surface area (Å²) in [4.78, 5) is 12.7. The quantitative estimate of drug-likeness (QED) is 0.752. The van der Waals surface area contributed by atoms with Crippen LogP contribution in [0.3, 0.4) is 0 Å². The lowest BCUT2D eigenvalue weighted by molar-refractivity contribution is 0.102. The standard InChI is InChI=1S/C16H14ClN5O3/c1-24-11-4-6-13(15(8-11)25-2)19-16(23)12-5-3-10(17)7-14(12)22-9-18-20-21-22/h3-9H,1-2H3,(H,19,23). The fraction of sp³-hybridized carbons (Fsp3) is 0.125. The molecule has 128 valence electrons. The fourth-order valence-electron chi connectivity index (χ4n) is 2.25. The number of rotatable bonds is 5. The van der Waals surface area contributed by atoms with Crippen LogP contribution in [0.2, 0.25) is 5.02 Å². The van der Waals surface area contributed by atoms with Crippen molar-refractivity contribution < 1.29 is 14.3 Å². The molecule has 9 heteroatoms. The number of benzene rings is 2. The molecule has 1 aromatic heterocycles. The second-order valence-corrected chi connectivity index (χ2v) is 5.37. The minimum Gasteiger partial charge on any atom is -0.497 e. The van der Waals surface area contributed by atoms with Crippen molar-refractivity contribution in [3.8, 4) is 17.2 Å². The second kappa shape index (κ2) is 7.18. The van der Waals surface area contributed by atoms with Gasteiger partial charge in [-0.15, -0.1) is 5.10 Å². The lowest BCUT2D eigenvalue weighted by Gasteiger charge is -2.13. The molecular weight excluding hydrogens is 346 g/mol. The first-order valence-corrected chi connectivity index (χ1v) is 7.56. The van der Waals surface area contributed by atoms with E-state index in [4.69, 9.17) is 21.1 Å². The maximum absolute atomic E-state index is 12.7. The van der Waals surface area contributed by atoms with Crippen LogP contribution in [0.15, 0.2) is 42.7 Å². The van der Waals surface area contributed by atoms with E-state index in [0.717, 1.165) is 0 Å². The van der Waals surface area contributed by atoms with Crippen molar-refractivity contribution in [3.63, 3.8) is 0 Å². The van der Waals surface area contributed by atoms with Crippen LogP contribution in [0.25, 0.3) is 5.69 Å². The number of tetrazole rings is 1. The second-order valence-electron chi connectivity index (χ2n) is 4.94.